The highest BCUT2D eigenvalue weighted by Gasteiger charge is 2.27. The van der Waals surface area contributed by atoms with Gasteiger partial charge >= 0.3 is 0 Å². The van der Waals surface area contributed by atoms with Crippen LogP contribution in [0, 0.1) is 11.7 Å². The van der Waals surface area contributed by atoms with E-state index >= 15 is 0 Å². The van der Waals surface area contributed by atoms with E-state index in [0.717, 1.165) is 25.7 Å². The monoisotopic (exact) mass is 269 g/mol. The summed E-state index contributed by atoms with van der Waals surface area (Å²) in [6, 6.07) is 4.44. The second kappa shape index (κ2) is 5.83. The standard InChI is InChI=1S/C14H20FNOS/c1-2-10-4-3-5-12(8-10)18(17)14-7-6-11(16)9-13(14)15/h6-7,9-10,12H,2-5,8,16H2,1H3. The summed E-state index contributed by atoms with van der Waals surface area (Å²) in [7, 11) is -1.24. The van der Waals surface area contributed by atoms with Crippen LogP contribution in [0.1, 0.15) is 39.0 Å². The summed E-state index contributed by atoms with van der Waals surface area (Å²) in [4.78, 5) is 0.311. The van der Waals surface area contributed by atoms with Gasteiger partial charge in [-0.2, -0.15) is 0 Å². The van der Waals surface area contributed by atoms with E-state index < -0.39 is 16.6 Å². The summed E-state index contributed by atoms with van der Waals surface area (Å²) in [6.07, 6.45) is 5.33. The maximum absolute atomic E-state index is 13.8. The Morgan fingerprint density at radius 1 is 1.44 bits per heavy atom. The largest absolute Gasteiger partial charge is 0.399 e. The molecule has 1 aromatic carbocycles. The van der Waals surface area contributed by atoms with E-state index in [1.165, 1.54) is 12.5 Å². The minimum atomic E-state index is -1.24. The van der Waals surface area contributed by atoms with Gasteiger partial charge in [-0.3, -0.25) is 4.21 Å². The Morgan fingerprint density at radius 3 is 2.89 bits per heavy atom. The minimum absolute atomic E-state index is 0.0989. The highest BCUT2D eigenvalue weighted by molar-refractivity contribution is 7.85. The Hall–Kier alpha value is -0.900. The van der Waals surface area contributed by atoms with Gasteiger partial charge in [0.25, 0.3) is 0 Å². The first-order valence-electron chi connectivity index (χ1n) is 6.57. The fraction of sp³-hybridized carbons (Fsp3) is 0.571. The zero-order valence-electron chi connectivity index (χ0n) is 10.7. The molecule has 0 radical (unpaired) electrons. The molecule has 18 heavy (non-hydrogen) atoms. The molecular formula is C14H20FNOS. The molecule has 0 saturated heterocycles. The summed E-state index contributed by atoms with van der Waals surface area (Å²) in [5.74, 6) is 0.205. The van der Waals surface area contributed by atoms with Gasteiger partial charge in [-0.25, -0.2) is 4.39 Å². The van der Waals surface area contributed by atoms with Gasteiger partial charge in [0.1, 0.15) is 5.82 Å². The molecule has 1 aromatic rings. The lowest BCUT2D eigenvalue weighted by Crippen LogP contribution is -2.24. The third-order valence-electron chi connectivity index (χ3n) is 3.79. The van der Waals surface area contributed by atoms with Gasteiger partial charge in [0, 0.05) is 10.9 Å². The summed E-state index contributed by atoms with van der Waals surface area (Å²) in [5, 5.41) is 0.0989. The topological polar surface area (TPSA) is 43.1 Å². The summed E-state index contributed by atoms with van der Waals surface area (Å²) in [5.41, 5.74) is 5.89. The van der Waals surface area contributed by atoms with E-state index in [-0.39, 0.29) is 5.25 Å². The van der Waals surface area contributed by atoms with Crippen LogP contribution in [0.2, 0.25) is 0 Å². The Bertz CT molecular complexity index is 449. The lowest BCUT2D eigenvalue weighted by atomic mass is 9.87. The first-order chi connectivity index (χ1) is 8.61. The van der Waals surface area contributed by atoms with Crippen molar-refractivity contribution in [2.75, 3.05) is 5.73 Å². The molecule has 0 aromatic heterocycles. The number of hydrogen-bond acceptors (Lipinski definition) is 2. The average molecular weight is 269 g/mol. The average Bonchev–Trinajstić information content (AvgIpc) is 2.38. The molecule has 1 saturated carbocycles. The predicted octanol–water partition coefficient (Wildman–Crippen LogP) is 3.48. The van der Waals surface area contributed by atoms with Crippen LogP contribution in [0.3, 0.4) is 0 Å². The summed E-state index contributed by atoms with van der Waals surface area (Å²) >= 11 is 0. The van der Waals surface area contributed by atoms with Crippen molar-refractivity contribution in [2.24, 2.45) is 5.92 Å². The molecule has 3 atom stereocenters. The molecule has 1 fully saturated rings. The van der Waals surface area contributed by atoms with Crippen molar-refractivity contribution in [3.8, 4) is 0 Å². The molecule has 0 amide bonds. The molecular weight excluding hydrogens is 249 g/mol. The normalized spacial score (nSPS) is 25.9. The van der Waals surface area contributed by atoms with E-state index in [4.69, 9.17) is 5.73 Å². The number of hydrogen-bond donors (Lipinski definition) is 1. The van der Waals surface area contributed by atoms with Crippen molar-refractivity contribution in [3.63, 3.8) is 0 Å². The smallest absolute Gasteiger partial charge is 0.141 e. The number of anilines is 1. The molecule has 2 N–H and O–H groups in total. The van der Waals surface area contributed by atoms with Crippen molar-refractivity contribution < 1.29 is 8.60 Å². The lowest BCUT2D eigenvalue weighted by molar-refractivity contribution is 0.353. The predicted molar refractivity (Wildman–Crippen MR) is 73.3 cm³/mol. The Morgan fingerprint density at radius 2 is 2.22 bits per heavy atom. The van der Waals surface area contributed by atoms with Crippen LogP contribution >= 0.6 is 0 Å². The highest BCUT2D eigenvalue weighted by atomic mass is 32.2. The molecule has 2 nitrogen and oxygen atoms in total. The summed E-state index contributed by atoms with van der Waals surface area (Å²) < 4.78 is 26.2. The fourth-order valence-electron chi connectivity index (χ4n) is 2.67. The van der Waals surface area contributed by atoms with Crippen molar-refractivity contribution in [1.29, 1.82) is 0 Å². The molecule has 1 aliphatic rings. The fourth-order valence-corrected chi connectivity index (χ4v) is 4.31. The third kappa shape index (κ3) is 2.91. The Balaban J connectivity index is 2.15. The minimum Gasteiger partial charge on any atom is -0.399 e. The molecule has 0 aliphatic heterocycles. The SMILES string of the molecule is CCC1CCCC(S(=O)c2ccc(N)cc2F)C1. The second-order valence-corrected chi connectivity index (χ2v) is 6.75. The molecule has 0 bridgehead atoms. The molecule has 4 heteroatoms. The van der Waals surface area contributed by atoms with E-state index in [9.17, 15) is 8.60 Å². The number of rotatable bonds is 3. The van der Waals surface area contributed by atoms with Crippen molar-refractivity contribution in [1.82, 2.24) is 0 Å². The first kappa shape index (κ1) is 13.5. The van der Waals surface area contributed by atoms with Crippen LogP contribution in [0.15, 0.2) is 23.1 Å². The van der Waals surface area contributed by atoms with E-state index in [0.29, 0.717) is 16.5 Å². The second-order valence-electron chi connectivity index (χ2n) is 5.05. The van der Waals surface area contributed by atoms with Crippen LogP contribution in [-0.2, 0) is 10.8 Å². The van der Waals surface area contributed by atoms with Gasteiger partial charge in [-0.05, 0) is 37.0 Å². The van der Waals surface area contributed by atoms with Gasteiger partial charge < -0.3 is 5.73 Å². The zero-order chi connectivity index (χ0) is 13.1. The summed E-state index contributed by atoms with van der Waals surface area (Å²) in [6.45, 7) is 2.17. The maximum atomic E-state index is 13.8. The van der Waals surface area contributed by atoms with Gasteiger partial charge in [0.15, 0.2) is 0 Å². The first-order valence-corrected chi connectivity index (χ1v) is 7.78. The highest BCUT2D eigenvalue weighted by Crippen LogP contribution is 2.32. The quantitative estimate of drug-likeness (QED) is 0.854. The maximum Gasteiger partial charge on any atom is 0.141 e. The Kier molecular flexibility index (Phi) is 4.38. The third-order valence-corrected chi connectivity index (χ3v) is 5.59. The number of nitrogen functional groups attached to an aromatic ring is 1. The van der Waals surface area contributed by atoms with Crippen LogP contribution in [0.25, 0.3) is 0 Å². The lowest BCUT2D eigenvalue weighted by Gasteiger charge is -2.27. The zero-order valence-corrected chi connectivity index (χ0v) is 11.5. The van der Waals surface area contributed by atoms with Crippen LogP contribution in [-0.4, -0.2) is 9.46 Å². The number of nitrogens with two attached hydrogens (primary N) is 1. The van der Waals surface area contributed by atoms with Gasteiger partial charge in [0.05, 0.1) is 15.7 Å². The van der Waals surface area contributed by atoms with Crippen molar-refractivity contribution >= 4 is 16.5 Å². The Labute approximate surface area is 110 Å². The van der Waals surface area contributed by atoms with E-state index in [1.807, 2.05) is 0 Å². The molecule has 100 valence electrons. The van der Waals surface area contributed by atoms with E-state index in [1.54, 1.807) is 12.1 Å². The van der Waals surface area contributed by atoms with Gasteiger partial charge in [-0.1, -0.05) is 26.2 Å². The van der Waals surface area contributed by atoms with Crippen LogP contribution in [0.5, 0.6) is 0 Å². The van der Waals surface area contributed by atoms with Crippen molar-refractivity contribution in [3.05, 3.63) is 24.0 Å². The molecule has 2 rings (SSSR count). The van der Waals surface area contributed by atoms with Crippen LogP contribution < -0.4 is 5.73 Å². The number of halogens is 1. The number of benzene rings is 1. The molecule has 0 heterocycles. The molecule has 1 aliphatic carbocycles. The molecule has 3 unspecified atom stereocenters. The van der Waals surface area contributed by atoms with Gasteiger partial charge in [-0.15, -0.1) is 0 Å². The van der Waals surface area contributed by atoms with E-state index in [2.05, 4.69) is 6.92 Å². The van der Waals surface area contributed by atoms with Crippen LogP contribution in [0.4, 0.5) is 10.1 Å². The molecule has 0 spiro atoms. The van der Waals surface area contributed by atoms with Gasteiger partial charge in [0.2, 0.25) is 0 Å². The van der Waals surface area contributed by atoms with Crippen molar-refractivity contribution in [2.45, 2.75) is 49.2 Å².